The Hall–Kier alpha value is -0.420. The summed E-state index contributed by atoms with van der Waals surface area (Å²) in [5.74, 6) is -0.313. The standard InChI is InChI=1S/C14H10Br2ClFO/c15-9-2-4-11(13(17)6-9)14(19)5-8-1-3-10(18)7-12(8)16/h1-4,6-7,14,19H,5H2. The lowest BCUT2D eigenvalue weighted by Gasteiger charge is -2.14. The highest BCUT2D eigenvalue weighted by Gasteiger charge is 2.14. The molecular weight excluding hydrogens is 398 g/mol. The number of hydrogen-bond donors (Lipinski definition) is 1. The van der Waals surface area contributed by atoms with Gasteiger partial charge in [0.2, 0.25) is 0 Å². The van der Waals surface area contributed by atoms with Gasteiger partial charge in [0.15, 0.2) is 0 Å². The van der Waals surface area contributed by atoms with Crippen molar-refractivity contribution < 1.29 is 9.50 Å². The maximum atomic E-state index is 13.0. The molecule has 0 bridgehead atoms. The van der Waals surface area contributed by atoms with Crippen molar-refractivity contribution in [2.45, 2.75) is 12.5 Å². The Morgan fingerprint density at radius 3 is 2.53 bits per heavy atom. The number of benzene rings is 2. The lowest BCUT2D eigenvalue weighted by molar-refractivity contribution is 0.178. The van der Waals surface area contributed by atoms with Crippen molar-refractivity contribution in [3.8, 4) is 0 Å². The van der Waals surface area contributed by atoms with Crippen LogP contribution in [0.1, 0.15) is 17.2 Å². The Labute approximate surface area is 132 Å². The minimum absolute atomic E-state index is 0.313. The van der Waals surface area contributed by atoms with Gasteiger partial charge in [0, 0.05) is 20.4 Å². The largest absolute Gasteiger partial charge is 0.388 e. The third-order valence-corrected chi connectivity index (χ3v) is 4.31. The zero-order valence-electron chi connectivity index (χ0n) is 9.71. The van der Waals surface area contributed by atoms with E-state index in [0.29, 0.717) is 21.5 Å². The molecule has 100 valence electrons. The smallest absolute Gasteiger partial charge is 0.124 e. The van der Waals surface area contributed by atoms with Crippen molar-refractivity contribution in [1.29, 1.82) is 0 Å². The van der Waals surface area contributed by atoms with Gasteiger partial charge in [-0.05, 0) is 35.4 Å². The van der Waals surface area contributed by atoms with Crippen LogP contribution < -0.4 is 0 Å². The van der Waals surface area contributed by atoms with Crippen molar-refractivity contribution in [3.05, 3.63) is 67.3 Å². The van der Waals surface area contributed by atoms with Crippen LogP contribution in [0, 0.1) is 5.82 Å². The molecule has 0 aliphatic heterocycles. The van der Waals surface area contributed by atoms with E-state index in [2.05, 4.69) is 31.9 Å². The highest BCUT2D eigenvalue weighted by Crippen LogP contribution is 2.30. The number of rotatable bonds is 3. The number of aliphatic hydroxyl groups is 1. The predicted octanol–water partition coefficient (Wildman–Crippen LogP) is 5.28. The molecule has 0 saturated heterocycles. The van der Waals surface area contributed by atoms with E-state index in [1.165, 1.54) is 12.1 Å². The van der Waals surface area contributed by atoms with Crippen LogP contribution in [0.25, 0.3) is 0 Å². The predicted molar refractivity (Wildman–Crippen MR) is 81.9 cm³/mol. The van der Waals surface area contributed by atoms with E-state index in [1.807, 2.05) is 6.07 Å². The molecule has 2 aromatic carbocycles. The van der Waals surface area contributed by atoms with E-state index in [1.54, 1.807) is 18.2 Å². The Morgan fingerprint density at radius 2 is 1.89 bits per heavy atom. The Bertz CT molecular complexity index is 604. The third kappa shape index (κ3) is 3.78. The molecule has 0 radical (unpaired) electrons. The van der Waals surface area contributed by atoms with E-state index in [-0.39, 0.29) is 5.82 Å². The molecule has 0 amide bonds. The average molecular weight is 408 g/mol. The van der Waals surface area contributed by atoms with Gasteiger partial charge in [-0.3, -0.25) is 0 Å². The molecule has 2 rings (SSSR count). The van der Waals surface area contributed by atoms with Crippen LogP contribution >= 0.6 is 43.5 Å². The fraction of sp³-hybridized carbons (Fsp3) is 0.143. The molecular formula is C14H10Br2ClFO. The molecule has 0 fully saturated rings. The van der Waals surface area contributed by atoms with Crippen molar-refractivity contribution in [2.24, 2.45) is 0 Å². The minimum atomic E-state index is -0.734. The molecule has 0 spiro atoms. The van der Waals surface area contributed by atoms with Gasteiger partial charge in [-0.2, -0.15) is 0 Å². The molecule has 1 nitrogen and oxygen atoms in total. The summed E-state index contributed by atoms with van der Waals surface area (Å²) >= 11 is 12.7. The molecule has 1 atom stereocenters. The molecule has 2 aromatic rings. The minimum Gasteiger partial charge on any atom is -0.388 e. The summed E-state index contributed by atoms with van der Waals surface area (Å²) in [5, 5.41) is 10.7. The van der Waals surface area contributed by atoms with Crippen LogP contribution in [-0.4, -0.2) is 5.11 Å². The molecule has 0 saturated carbocycles. The third-order valence-electron chi connectivity index (χ3n) is 2.75. The van der Waals surface area contributed by atoms with Gasteiger partial charge < -0.3 is 5.11 Å². The van der Waals surface area contributed by atoms with E-state index in [0.717, 1.165) is 10.0 Å². The topological polar surface area (TPSA) is 20.2 Å². The first kappa shape index (κ1) is 15.0. The van der Waals surface area contributed by atoms with Crippen LogP contribution in [0.3, 0.4) is 0 Å². The van der Waals surface area contributed by atoms with Gasteiger partial charge in [-0.25, -0.2) is 4.39 Å². The molecule has 1 unspecified atom stereocenters. The van der Waals surface area contributed by atoms with E-state index < -0.39 is 6.10 Å². The average Bonchev–Trinajstić information content (AvgIpc) is 2.32. The lowest BCUT2D eigenvalue weighted by atomic mass is 10.0. The van der Waals surface area contributed by atoms with Crippen LogP contribution in [0.2, 0.25) is 5.02 Å². The Kier molecular flexibility index (Phi) is 5.01. The van der Waals surface area contributed by atoms with Gasteiger partial charge >= 0.3 is 0 Å². The Balaban J connectivity index is 2.23. The molecule has 0 aliphatic carbocycles. The summed E-state index contributed by atoms with van der Waals surface area (Å²) < 4.78 is 14.5. The van der Waals surface area contributed by atoms with Crippen LogP contribution in [-0.2, 0) is 6.42 Å². The summed E-state index contributed by atoms with van der Waals surface area (Å²) in [5.41, 5.74) is 1.48. The summed E-state index contributed by atoms with van der Waals surface area (Å²) in [6.45, 7) is 0. The monoisotopic (exact) mass is 406 g/mol. The van der Waals surface area contributed by atoms with Gasteiger partial charge in [0.05, 0.1) is 6.10 Å². The zero-order chi connectivity index (χ0) is 14.0. The lowest BCUT2D eigenvalue weighted by Crippen LogP contribution is -2.03. The summed E-state index contributed by atoms with van der Waals surface area (Å²) in [7, 11) is 0. The normalized spacial score (nSPS) is 12.5. The van der Waals surface area contributed by atoms with Crippen LogP contribution in [0.15, 0.2) is 45.3 Å². The van der Waals surface area contributed by atoms with E-state index >= 15 is 0 Å². The maximum absolute atomic E-state index is 13.0. The number of hydrogen-bond acceptors (Lipinski definition) is 1. The fourth-order valence-electron chi connectivity index (χ4n) is 1.78. The van der Waals surface area contributed by atoms with E-state index in [9.17, 15) is 9.50 Å². The molecule has 5 heteroatoms. The van der Waals surface area contributed by atoms with Gasteiger partial charge in [-0.15, -0.1) is 0 Å². The number of aliphatic hydroxyl groups excluding tert-OH is 1. The highest BCUT2D eigenvalue weighted by atomic mass is 79.9. The maximum Gasteiger partial charge on any atom is 0.124 e. The SMILES string of the molecule is OC(Cc1ccc(F)cc1Br)c1ccc(Br)cc1Cl. The molecule has 0 aromatic heterocycles. The first-order chi connectivity index (χ1) is 8.97. The first-order valence-corrected chi connectivity index (χ1v) is 7.50. The highest BCUT2D eigenvalue weighted by molar-refractivity contribution is 9.10. The van der Waals surface area contributed by atoms with Crippen molar-refractivity contribution in [1.82, 2.24) is 0 Å². The second-order valence-electron chi connectivity index (χ2n) is 4.12. The molecule has 1 N–H and O–H groups in total. The summed E-state index contributed by atoms with van der Waals surface area (Å²) in [6.07, 6.45) is -0.371. The van der Waals surface area contributed by atoms with Gasteiger partial charge in [0.1, 0.15) is 5.82 Å². The number of halogens is 4. The van der Waals surface area contributed by atoms with Crippen molar-refractivity contribution in [3.63, 3.8) is 0 Å². The van der Waals surface area contributed by atoms with Crippen molar-refractivity contribution >= 4 is 43.5 Å². The van der Waals surface area contributed by atoms with Gasteiger partial charge in [-0.1, -0.05) is 55.6 Å². The Morgan fingerprint density at radius 1 is 1.16 bits per heavy atom. The van der Waals surface area contributed by atoms with Crippen molar-refractivity contribution in [2.75, 3.05) is 0 Å². The molecule has 0 aliphatic rings. The molecule has 19 heavy (non-hydrogen) atoms. The quantitative estimate of drug-likeness (QED) is 0.733. The second kappa shape index (κ2) is 6.35. The van der Waals surface area contributed by atoms with E-state index in [4.69, 9.17) is 11.6 Å². The summed E-state index contributed by atoms with van der Waals surface area (Å²) in [4.78, 5) is 0. The summed E-state index contributed by atoms with van der Waals surface area (Å²) in [6, 6.07) is 9.73. The first-order valence-electron chi connectivity index (χ1n) is 5.54. The van der Waals surface area contributed by atoms with Crippen LogP contribution in [0.5, 0.6) is 0 Å². The second-order valence-corrected chi connectivity index (χ2v) is 6.30. The zero-order valence-corrected chi connectivity index (χ0v) is 13.6. The fourth-order valence-corrected chi connectivity index (χ4v) is 3.09. The van der Waals surface area contributed by atoms with Gasteiger partial charge in [0.25, 0.3) is 0 Å². The molecule has 0 heterocycles. The van der Waals surface area contributed by atoms with Crippen LogP contribution in [0.4, 0.5) is 4.39 Å².